The van der Waals surface area contributed by atoms with Crippen molar-refractivity contribution in [1.29, 1.82) is 0 Å². The number of rotatable bonds is 3. The molecule has 0 saturated heterocycles. The van der Waals surface area contributed by atoms with Crippen molar-refractivity contribution >= 4 is 53.8 Å². The van der Waals surface area contributed by atoms with E-state index in [0.717, 1.165) is 22.2 Å². The van der Waals surface area contributed by atoms with E-state index in [-0.39, 0.29) is 30.7 Å². The molecule has 3 aromatic rings. The van der Waals surface area contributed by atoms with Gasteiger partial charge in [0, 0.05) is 29.9 Å². The molecule has 4 rings (SSSR count). The number of H-pyrrole nitrogens is 1. The highest BCUT2D eigenvalue weighted by atomic mass is 35.5. The smallest absolute Gasteiger partial charge is 0.276 e. The predicted molar refractivity (Wildman–Crippen MR) is 112 cm³/mol. The monoisotopic (exact) mass is 403 g/mol. The fraction of sp³-hybridized carbons (Fsp3) is 0.105. The molecule has 140 valence electrons. The lowest BCUT2D eigenvalue weighted by atomic mass is 10.1. The number of aromatic amines is 1. The Bertz CT molecular complexity index is 1030. The zero-order chi connectivity index (χ0) is 17.2. The molecule has 3 heterocycles. The van der Waals surface area contributed by atoms with E-state index >= 15 is 0 Å². The van der Waals surface area contributed by atoms with Gasteiger partial charge in [0.05, 0.1) is 0 Å². The molecule has 2 aromatic heterocycles. The van der Waals surface area contributed by atoms with Crippen LogP contribution in [0.3, 0.4) is 0 Å². The average Bonchev–Trinajstić information content (AvgIpc) is 3.18. The van der Waals surface area contributed by atoms with E-state index in [1.807, 2.05) is 30.5 Å². The van der Waals surface area contributed by atoms with Crippen LogP contribution in [0.15, 0.2) is 59.5 Å². The maximum Gasteiger partial charge on any atom is 0.276 e. The van der Waals surface area contributed by atoms with Crippen molar-refractivity contribution in [3.63, 3.8) is 0 Å². The number of nitrogens with zero attached hydrogens (tertiary/aromatic N) is 2. The highest BCUT2D eigenvalue weighted by molar-refractivity contribution is 6.14. The number of amides is 1. The Kier molecular flexibility index (Phi) is 6.60. The Morgan fingerprint density at radius 3 is 2.85 bits per heavy atom. The summed E-state index contributed by atoms with van der Waals surface area (Å²) in [5.74, 6) is 0.251. The largest absolute Gasteiger partial charge is 0.352 e. The second kappa shape index (κ2) is 8.70. The molecule has 0 fully saturated rings. The number of carbonyl (C=O) groups is 1. The number of carbonyl (C=O) groups excluding carboxylic acids is 1. The first-order valence-electron chi connectivity index (χ1n) is 8.02. The number of guanidine groups is 1. The fourth-order valence-electron chi connectivity index (χ4n) is 2.80. The molecule has 8 heteroatoms. The van der Waals surface area contributed by atoms with Gasteiger partial charge in [-0.05, 0) is 30.7 Å². The number of benzene rings is 1. The van der Waals surface area contributed by atoms with Gasteiger partial charge in [-0.3, -0.25) is 10.1 Å². The normalized spacial score (nSPS) is 14.3. The number of aliphatic imine (C=N–C) groups is 1. The zero-order valence-corrected chi connectivity index (χ0v) is 16.2. The third-order valence-electron chi connectivity index (χ3n) is 4.01. The highest BCUT2D eigenvalue weighted by Gasteiger charge is 2.20. The van der Waals surface area contributed by atoms with Crippen LogP contribution in [0.2, 0.25) is 0 Å². The van der Waals surface area contributed by atoms with Crippen molar-refractivity contribution in [2.75, 3.05) is 0 Å². The van der Waals surface area contributed by atoms with Crippen LogP contribution in [0.25, 0.3) is 17.1 Å². The average molecular weight is 404 g/mol. The first-order valence-corrected chi connectivity index (χ1v) is 8.02. The molecule has 0 spiro atoms. The van der Waals surface area contributed by atoms with E-state index < -0.39 is 0 Å². The second-order valence-electron chi connectivity index (χ2n) is 5.93. The van der Waals surface area contributed by atoms with Crippen LogP contribution in [0.5, 0.6) is 0 Å². The number of halogens is 2. The molecule has 1 aromatic carbocycles. The van der Waals surface area contributed by atoms with Gasteiger partial charge in [0.2, 0.25) is 5.96 Å². The maximum atomic E-state index is 12.2. The minimum atomic E-state index is -0.218. The summed E-state index contributed by atoms with van der Waals surface area (Å²) in [6, 6.07) is 12.0. The maximum absolute atomic E-state index is 12.2. The Morgan fingerprint density at radius 1 is 1.19 bits per heavy atom. The van der Waals surface area contributed by atoms with Crippen LogP contribution in [0.1, 0.15) is 16.7 Å². The van der Waals surface area contributed by atoms with Crippen LogP contribution < -0.4 is 10.6 Å². The Balaban J connectivity index is 0.00000131. The SMILES string of the molecule is Cc1cccc(CNC2=NC(=Cc3c[nH]c4ncccc34)C(=O)N2)c1.Cl.Cl. The van der Waals surface area contributed by atoms with Crippen molar-refractivity contribution in [2.45, 2.75) is 13.5 Å². The number of hydrogen-bond donors (Lipinski definition) is 3. The van der Waals surface area contributed by atoms with Crippen LogP contribution in [-0.4, -0.2) is 21.8 Å². The summed E-state index contributed by atoms with van der Waals surface area (Å²) in [5, 5.41) is 6.87. The lowest BCUT2D eigenvalue weighted by Crippen LogP contribution is -2.35. The molecule has 1 aliphatic rings. The van der Waals surface area contributed by atoms with Crippen molar-refractivity contribution in [1.82, 2.24) is 20.6 Å². The van der Waals surface area contributed by atoms with Gasteiger partial charge >= 0.3 is 0 Å². The van der Waals surface area contributed by atoms with Crippen LogP contribution in [-0.2, 0) is 11.3 Å². The van der Waals surface area contributed by atoms with Crippen molar-refractivity contribution in [2.24, 2.45) is 4.99 Å². The van der Waals surface area contributed by atoms with E-state index in [2.05, 4.69) is 44.7 Å². The van der Waals surface area contributed by atoms with Gasteiger partial charge in [-0.25, -0.2) is 9.98 Å². The Hall–Kier alpha value is -2.83. The minimum Gasteiger partial charge on any atom is -0.352 e. The molecule has 1 aliphatic heterocycles. The molecule has 1 amide bonds. The number of pyridine rings is 1. The molecular weight excluding hydrogens is 385 g/mol. The lowest BCUT2D eigenvalue weighted by Gasteiger charge is -2.05. The molecule has 0 unspecified atom stereocenters. The molecule has 3 N–H and O–H groups in total. The third kappa shape index (κ3) is 4.48. The van der Waals surface area contributed by atoms with Crippen LogP contribution >= 0.6 is 24.8 Å². The molecule has 0 radical (unpaired) electrons. The van der Waals surface area contributed by atoms with Crippen LogP contribution in [0, 0.1) is 6.92 Å². The standard InChI is InChI=1S/C19H17N5O.2ClH/c1-12-4-2-5-13(8-12)10-22-19-23-16(18(25)24-19)9-14-11-21-17-15(14)6-3-7-20-17;;/h2-9,11H,10H2,1H3,(H,20,21)(H2,22,23,24,25);2*1H. The number of fused-ring (bicyclic) bond motifs is 1. The van der Waals surface area contributed by atoms with Gasteiger partial charge in [-0.15, -0.1) is 24.8 Å². The Labute approximate surface area is 169 Å². The Morgan fingerprint density at radius 2 is 2.04 bits per heavy atom. The van der Waals surface area contributed by atoms with E-state index in [4.69, 9.17) is 0 Å². The fourth-order valence-corrected chi connectivity index (χ4v) is 2.80. The predicted octanol–water partition coefficient (Wildman–Crippen LogP) is 3.33. The molecule has 27 heavy (non-hydrogen) atoms. The first kappa shape index (κ1) is 20.5. The van der Waals surface area contributed by atoms with Gasteiger partial charge in [-0.1, -0.05) is 29.8 Å². The second-order valence-corrected chi connectivity index (χ2v) is 5.93. The summed E-state index contributed by atoms with van der Waals surface area (Å²) in [5.41, 5.74) is 4.38. The summed E-state index contributed by atoms with van der Waals surface area (Å²) in [6.45, 7) is 2.65. The van der Waals surface area contributed by atoms with Crippen LogP contribution in [0.4, 0.5) is 0 Å². The zero-order valence-electron chi connectivity index (χ0n) is 14.5. The number of nitrogens with one attached hydrogen (secondary N) is 3. The van der Waals surface area contributed by atoms with E-state index in [0.29, 0.717) is 18.2 Å². The van der Waals surface area contributed by atoms with E-state index in [1.54, 1.807) is 12.3 Å². The number of aromatic nitrogens is 2. The van der Waals surface area contributed by atoms with Gasteiger partial charge in [0.1, 0.15) is 11.3 Å². The lowest BCUT2D eigenvalue weighted by molar-refractivity contribution is -0.115. The summed E-state index contributed by atoms with van der Waals surface area (Å²) >= 11 is 0. The number of aryl methyl sites for hydroxylation is 1. The minimum absolute atomic E-state index is 0. The summed E-state index contributed by atoms with van der Waals surface area (Å²) in [7, 11) is 0. The van der Waals surface area contributed by atoms with E-state index in [1.165, 1.54) is 5.56 Å². The molecule has 6 nitrogen and oxygen atoms in total. The molecule has 0 aliphatic carbocycles. The van der Waals surface area contributed by atoms with Gasteiger partial charge in [0.15, 0.2) is 0 Å². The first-order chi connectivity index (χ1) is 12.2. The topological polar surface area (TPSA) is 82.2 Å². The molecule has 0 atom stereocenters. The quantitative estimate of drug-likeness (QED) is 0.586. The molecule has 0 bridgehead atoms. The third-order valence-corrected chi connectivity index (χ3v) is 4.01. The number of hydrogen-bond acceptors (Lipinski definition) is 4. The highest BCUT2D eigenvalue weighted by Crippen LogP contribution is 2.20. The summed E-state index contributed by atoms with van der Waals surface area (Å²) < 4.78 is 0. The van der Waals surface area contributed by atoms with Crippen molar-refractivity contribution in [3.8, 4) is 0 Å². The molecule has 0 saturated carbocycles. The molecular formula is C19H19Cl2N5O. The van der Waals surface area contributed by atoms with Crippen molar-refractivity contribution < 1.29 is 4.79 Å². The van der Waals surface area contributed by atoms with Crippen molar-refractivity contribution in [3.05, 3.63) is 71.2 Å². The van der Waals surface area contributed by atoms with Gasteiger partial charge in [0.25, 0.3) is 5.91 Å². The van der Waals surface area contributed by atoms with E-state index in [9.17, 15) is 4.79 Å². The van der Waals surface area contributed by atoms with Gasteiger partial charge < -0.3 is 10.3 Å². The summed E-state index contributed by atoms with van der Waals surface area (Å²) in [4.78, 5) is 23.8. The van der Waals surface area contributed by atoms with Gasteiger partial charge in [-0.2, -0.15) is 0 Å². The summed E-state index contributed by atoms with van der Waals surface area (Å²) in [6.07, 6.45) is 5.31.